The predicted molar refractivity (Wildman–Crippen MR) is 70.7 cm³/mol. The number of benzene rings is 1. The van der Waals surface area contributed by atoms with Crippen LogP contribution >= 0.6 is 0 Å². The Morgan fingerprint density at radius 1 is 1.47 bits per heavy atom. The van der Waals surface area contributed by atoms with Gasteiger partial charge >= 0.3 is 5.97 Å². The van der Waals surface area contributed by atoms with Crippen molar-refractivity contribution in [1.29, 1.82) is 0 Å². The zero-order valence-electron chi connectivity index (χ0n) is 11.4. The van der Waals surface area contributed by atoms with Crippen molar-refractivity contribution < 1.29 is 19.0 Å². The van der Waals surface area contributed by atoms with Crippen LogP contribution in [0.25, 0.3) is 0 Å². The Morgan fingerprint density at radius 3 is 2.68 bits per heavy atom. The van der Waals surface area contributed by atoms with Crippen LogP contribution in [0.2, 0.25) is 0 Å². The highest BCUT2D eigenvalue weighted by atomic mass is 19.1. The van der Waals surface area contributed by atoms with Crippen LogP contribution in [0.4, 0.5) is 4.39 Å². The first kappa shape index (κ1) is 15.4. The van der Waals surface area contributed by atoms with Crippen LogP contribution in [-0.2, 0) is 11.3 Å². The van der Waals surface area contributed by atoms with E-state index in [2.05, 4.69) is 5.32 Å². The Morgan fingerprint density at radius 2 is 2.16 bits per heavy atom. The van der Waals surface area contributed by atoms with Gasteiger partial charge in [0.1, 0.15) is 0 Å². The fourth-order valence-corrected chi connectivity index (χ4v) is 1.59. The topological polar surface area (TPSA) is 58.6 Å². The maximum Gasteiger partial charge on any atom is 0.344 e. The molecule has 0 aromatic heterocycles. The Labute approximate surface area is 112 Å². The van der Waals surface area contributed by atoms with Crippen molar-refractivity contribution in [3.05, 3.63) is 29.6 Å². The molecule has 0 aliphatic heterocycles. The number of hydrogen-bond acceptors (Lipinski definition) is 3. The molecule has 0 radical (unpaired) electrons. The highest BCUT2D eigenvalue weighted by Gasteiger charge is 2.20. The summed E-state index contributed by atoms with van der Waals surface area (Å²) in [6, 6.07) is 4.82. The average molecular weight is 269 g/mol. The van der Waals surface area contributed by atoms with E-state index >= 15 is 0 Å². The largest absolute Gasteiger partial charge is 0.479 e. The molecule has 0 heterocycles. The number of ether oxygens (including phenoxy) is 1. The molecule has 1 rings (SSSR count). The summed E-state index contributed by atoms with van der Waals surface area (Å²) in [5.74, 6) is -1.61. The van der Waals surface area contributed by atoms with E-state index in [1.807, 2.05) is 13.8 Å². The van der Waals surface area contributed by atoms with Crippen molar-refractivity contribution in [2.24, 2.45) is 0 Å². The minimum atomic E-state index is -1.09. The SMILES string of the molecule is CCC(Oc1c(F)cccc1CNC(C)C)C(=O)O. The predicted octanol–water partition coefficient (Wildman–Crippen LogP) is 2.57. The third-order valence-electron chi connectivity index (χ3n) is 2.66. The van der Waals surface area contributed by atoms with Crippen LogP contribution in [-0.4, -0.2) is 23.2 Å². The fourth-order valence-electron chi connectivity index (χ4n) is 1.59. The number of carboxylic acids is 1. The van der Waals surface area contributed by atoms with E-state index in [1.54, 1.807) is 19.1 Å². The van der Waals surface area contributed by atoms with Crippen LogP contribution in [0, 0.1) is 5.82 Å². The Kier molecular flexibility index (Phi) is 5.76. The molecule has 0 amide bonds. The molecular formula is C14H20FNO3. The molecule has 0 fully saturated rings. The number of nitrogens with one attached hydrogen (secondary N) is 1. The first-order valence-electron chi connectivity index (χ1n) is 6.36. The number of para-hydroxylation sites is 1. The number of hydrogen-bond donors (Lipinski definition) is 2. The van der Waals surface area contributed by atoms with Crippen molar-refractivity contribution in [3.63, 3.8) is 0 Å². The van der Waals surface area contributed by atoms with Gasteiger partial charge in [0.15, 0.2) is 17.7 Å². The van der Waals surface area contributed by atoms with Gasteiger partial charge in [0, 0.05) is 18.2 Å². The molecule has 19 heavy (non-hydrogen) atoms. The number of carbonyl (C=O) groups is 1. The van der Waals surface area contributed by atoms with E-state index in [1.165, 1.54) is 6.07 Å². The van der Waals surface area contributed by atoms with Crippen LogP contribution in [0.15, 0.2) is 18.2 Å². The minimum Gasteiger partial charge on any atom is -0.479 e. The number of carboxylic acid groups (broad SMARTS) is 1. The smallest absolute Gasteiger partial charge is 0.344 e. The molecule has 1 unspecified atom stereocenters. The molecule has 0 spiro atoms. The Balaban J connectivity index is 2.93. The van der Waals surface area contributed by atoms with Gasteiger partial charge in [-0.15, -0.1) is 0 Å². The van der Waals surface area contributed by atoms with E-state index in [9.17, 15) is 9.18 Å². The summed E-state index contributed by atoms with van der Waals surface area (Å²) < 4.78 is 19.1. The molecule has 5 heteroatoms. The molecular weight excluding hydrogens is 249 g/mol. The second-order valence-electron chi connectivity index (χ2n) is 4.62. The quantitative estimate of drug-likeness (QED) is 0.798. The van der Waals surface area contributed by atoms with Gasteiger partial charge in [-0.05, 0) is 12.5 Å². The fraction of sp³-hybridized carbons (Fsp3) is 0.500. The van der Waals surface area contributed by atoms with E-state index in [4.69, 9.17) is 9.84 Å². The molecule has 1 aromatic carbocycles. The minimum absolute atomic E-state index is 0.0184. The summed E-state index contributed by atoms with van der Waals surface area (Å²) in [5.41, 5.74) is 0.619. The van der Waals surface area contributed by atoms with Crippen molar-refractivity contribution in [3.8, 4) is 5.75 Å². The summed E-state index contributed by atoms with van der Waals surface area (Å²) in [5, 5.41) is 12.1. The lowest BCUT2D eigenvalue weighted by Crippen LogP contribution is -2.28. The standard InChI is InChI=1S/C14H20FNO3/c1-4-12(14(17)18)19-13-10(8-16-9(2)3)6-5-7-11(13)15/h5-7,9,12,16H,4,8H2,1-3H3,(H,17,18). The normalized spacial score (nSPS) is 12.5. The van der Waals surface area contributed by atoms with Gasteiger partial charge in [-0.3, -0.25) is 0 Å². The average Bonchev–Trinajstić information content (AvgIpc) is 2.34. The number of halogens is 1. The number of aliphatic carboxylic acids is 1. The molecule has 0 saturated heterocycles. The van der Waals surface area contributed by atoms with Gasteiger partial charge in [0.2, 0.25) is 0 Å². The van der Waals surface area contributed by atoms with Crippen LogP contribution in [0.3, 0.4) is 0 Å². The van der Waals surface area contributed by atoms with Crippen LogP contribution < -0.4 is 10.1 Å². The molecule has 1 atom stereocenters. The molecule has 4 nitrogen and oxygen atoms in total. The molecule has 0 aliphatic rings. The molecule has 0 aliphatic carbocycles. The Hall–Kier alpha value is -1.62. The first-order valence-corrected chi connectivity index (χ1v) is 6.36. The van der Waals surface area contributed by atoms with Gasteiger partial charge in [-0.25, -0.2) is 9.18 Å². The van der Waals surface area contributed by atoms with Crippen LogP contribution in [0.5, 0.6) is 5.75 Å². The zero-order chi connectivity index (χ0) is 14.4. The maximum absolute atomic E-state index is 13.8. The summed E-state index contributed by atoms with van der Waals surface area (Å²) in [4.78, 5) is 11.0. The van der Waals surface area contributed by atoms with Gasteiger partial charge in [0.05, 0.1) is 0 Å². The highest BCUT2D eigenvalue weighted by molar-refractivity contribution is 5.72. The first-order chi connectivity index (χ1) is 8.95. The summed E-state index contributed by atoms with van der Waals surface area (Å²) >= 11 is 0. The maximum atomic E-state index is 13.8. The van der Waals surface area contributed by atoms with E-state index in [0.29, 0.717) is 12.1 Å². The molecule has 106 valence electrons. The summed E-state index contributed by atoms with van der Waals surface area (Å²) in [6.45, 7) is 6.07. The van der Waals surface area contributed by atoms with Crippen LogP contribution in [0.1, 0.15) is 32.8 Å². The lowest BCUT2D eigenvalue weighted by Gasteiger charge is -2.18. The van der Waals surface area contributed by atoms with Crippen molar-refractivity contribution in [1.82, 2.24) is 5.32 Å². The summed E-state index contributed by atoms with van der Waals surface area (Å²) in [6.07, 6.45) is -0.754. The second-order valence-corrected chi connectivity index (χ2v) is 4.62. The lowest BCUT2D eigenvalue weighted by atomic mass is 10.1. The third-order valence-corrected chi connectivity index (χ3v) is 2.66. The van der Waals surface area contributed by atoms with Gasteiger partial charge in [-0.1, -0.05) is 32.9 Å². The highest BCUT2D eigenvalue weighted by Crippen LogP contribution is 2.24. The van der Waals surface area contributed by atoms with Crippen molar-refractivity contribution in [2.75, 3.05) is 0 Å². The van der Waals surface area contributed by atoms with E-state index < -0.39 is 17.9 Å². The van der Waals surface area contributed by atoms with Gasteiger partial charge in [0.25, 0.3) is 0 Å². The second kappa shape index (κ2) is 7.09. The molecule has 0 bridgehead atoms. The zero-order valence-corrected chi connectivity index (χ0v) is 11.4. The van der Waals surface area contributed by atoms with Gasteiger partial charge < -0.3 is 15.2 Å². The third kappa shape index (κ3) is 4.52. The Bertz CT molecular complexity index is 435. The molecule has 0 saturated carbocycles. The number of rotatable bonds is 7. The van der Waals surface area contributed by atoms with Crippen molar-refractivity contribution in [2.45, 2.75) is 45.9 Å². The van der Waals surface area contributed by atoms with Gasteiger partial charge in [-0.2, -0.15) is 0 Å². The molecule has 1 aromatic rings. The summed E-state index contributed by atoms with van der Waals surface area (Å²) in [7, 11) is 0. The monoisotopic (exact) mass is 269 g/mol. The van der Waals surface area contributed by atoms with E-state index in [0.717, 1.165) is 0 Å². The van der Waals surface area contributed by atoms with E-state index in [-0.39, 0.29) is 18.2 Å². The molecule has 2 N–H and O–H groups in total. The van der Waals surface area contributed by atoms with Crippen molar-refractivity contribution >= 4 is 5.97 Å². The lowest BCUT2D eigenvalue weighted by molar-refractivity contribution is -0.145.